The highest BCUT2D eigenvalue weighted by molar-refractivity contribution is 6.03. The predicted octanol–water partition coefficient (Wildman–Crippen LogP) is 2.54. The molecule has 2 aromatic rings. The summed E-state index contributed by atoms with van der Waals surface area (Å²) in [4.78, 5) is 23.5. The number of aliphatic hydroxyl groups excluding tert-OH is 1. The van der Waals surface area contributed by atoms with Crippen molar-refractivity contribution in [2.45, 2.75) is 25.5 Å². The first-order chi connectivity index (χ1) is 11.9. The smallest absolute Gasteiger partial charge is 0.248 e. The zero-order valence-corrected chi connectivity index (χ0v) is 13.6. The molecule has 2 atom stereocenters. The van der Waals surface area contributed by atoms with Gasteiger partial charge in [0, 0.05) is 30.3 Å². The van der Waals surface area contributed by atoms with E-state index in [1.807, 2.05) is 0 Å². The zero-order chi connectivity index (χ0) is 18.2. The second-order valence-corrected chi connectivity index (χ2v) is 5.51. The van der Waals surface area contributed by atoms with Gasteiger partial charge in [-0.25, -0.2) is 4.39 Å². The fraction of sp³-hybridized carbons (Fsp3) is 0.222. The molecule has 132 valence electrons. The Hall–Kier alpha value is -2.93. The Morgan fingerprint density at radius 2 is 1.88 bits per heavy atom. The number of hydrogen-bond donors (Lipinski definition) is 3. The Morgan fingerprint density at radius 1 is 1.20 bits per heavy atom. The Kier molecular flexibility index (Phi) is 6.47. The molecule has 1 aromatic carbocycles. The largest absolute Gasteiger partial charge is 0.467 e. The highest BCUT2D eigenvalue weighted by Gasteiger charge is 2.15. The molecule has 2 rings (SSSR count). The molecule has 25 heavy (non-hydrogen) atoms. The lowest BCUT2D eigenvalue weighted by Crippen LogP contribution is -2.32. The minimum Gasteiger partial charge on any atom is -0.467 e. The number of hydrogen-bond acceptors (Lipinski definition) is 4. The second kappa shape index (κ2) is 8.79. The maximum atomic E-state index is 12.8. The second-order valence-electron chi connectivity index (χ2n) is 5.51. The summed E-state index contributed by atoms with van der Waals surface area (Å²) in [5, 5.41) is 15.1. The van der Waals surface area contributed by atoms with Crippen LogP contribution in [0.25, 0.3) is 0 Å². The van der Waals surface area contributed by atoms with E-state index in [0.29, 0.717) is 11.4 Å². The fourth-order valence-electron chi connectivity index (χ4n) is 2.15. The minimum atomic E-state index is -0.823. The molecular formula is C18H19FN2O4. The number of anilines is 1. The van der Waals surface area contributed by atoms with Gasteiger partial charge in [0.25, 0.3) is 0 Å². The van der Waals surface area contributed by atoms with Crippen molar-refractivity contribution in [3.63, 3.8) is 0 Å². The molecule has 0 aliphatic rings. The van der Waals surface area contributed by atoms with Crippen LogP contribution < -0.4 is 10.6 Å². The number of aliphatic hydroxyl groups is 1. The van der Waals surface area contributed by atoms with Crippen molar-refractivity contribution in [1.82, 2.24) is 5.32 Å². The standard InChI is InChI=1S/C18H19FN2O4/c1-12(11-15(22)16-3-2-10-25-16)20-17(23)8-9-18(24)21-14-6-4-13(19)5-7-14/h2-10,12,15,22H,11H2,1H3,(H,20,23)(H,21,24)/b9-8+. The van der Waals surface area contributed by atoms with Crippen LogP contribution in [-0.4, -0.2) is 23.0 Å². The van der Waals surface area contributed by atoms with Gasteiger partial charge < -0.3 is 20.2 Å². The van der Waals surface area contributed by atoms with Crippen LogP contribution in [0.4, 0.5) is 10.1 Å². The predicted molar refractivity (Wildman–Crippen MR) is 90.1 cm³/mol. The van der Waals surface area contributed by atoms with E-state index in [1.165, 1.54) is 30.5 Å². The lowest BCUT2D eigenvalue weighted by molar-refractivity contribution is -0.118. The van der Waals surface area contributed by atoms with Crippen molar-refractivity contribution < 1.29 is 23.5 Å². The minimum absolute atomic E-state index is 0.273. The Morgan fingerprint density at radius 3 is 2.52 bits per heavy atom. The third-order valence-corrected chi connectivity index (χ3v) is 3.33. The van der Waals surface area contributed by atoms with Gasteiger partial charge in [0.15, 0.2) is 0 Å². The number of halogens is 1. The quantitative estimate of drug-likeness (QED) is 0.672. The summed E-state index contributed by atoms with van der Waals surface area (Å²) in [7, 11) is 0. The first-order valence-corrected chi connectivity index (χ1v) is 7.70. The summed E-state index contributed by atoms with van der Waals surface area (Å²) >= 11 is 0. The molecule has 0 radical (unpaired) electrons. The van der Waals surface area contributed by atoms with Crippen LogP contribution >= 0.6 is 0 Å². The Labute approximate surface area is 144 Å². The van der Waals surface area contributed by atoms with E-state index in [-0.39, 0.29) is 12.5 Å². The van der Waals surface area contributed by atoms with Crippen molar-refractivity contribution >= 4 is 17.5 Å². The van der Waals surface area contributed by atoms with Gasteiger partial charge in [-0.1, -0.05) is 0 Å². The van der Waals surface area contributed by atoms with Crippen LogP contribution in [0.1, 0.15) is 25.2 Å². The SMILES string of the molecule is CC(CC(O)c1ccco1)NC(=O)/C=C/C(=O)Nc1ccc(F)cc1. The number of rotatable bonds is 7. The van der Waals surface area contributed by atoms with E-state index < -0.39 is 23.7 Å². The van der Waals surface area contributed by atoms with Gasteiger partial charge in [0.1, 0.15) is 17.7 Å². The summed E-state index contributed by atoms with van der Waals surface area (Å²) in [6.45, 7) is 1.73. The molecule has 0 fully saturated rings. The lowest BCUT2D eigenvalue weighted by atomic mass is 10.1. The van der Waals surface area contributed by atoms with Crippen LogP contribution in [0, 0.1) is 5.82 Å². The molecule has 1 aromatic heterocycles. The first kappa shape index (κ1) is 18.4. The molecule has 0 saturated carbocycles. The topological polar surface area (TPSA) is 91.6 Å². The summed E-state index contributed by atoms with van der Waals surface area (Å²) in [5.74, 6) is -0.951. The summed E-state index contributed by atoms with van der Waals surface area (Å²) in [6.07, 6.45) is 3.08. The van der Waals surface area contributed by atoms with Gasteiger partial charge in [-0.3, -0.25) is 9.59 Å². The third-order valence-electron chi connectivity index (χ3n) is 3.33. The normalized spacial score (nSPS) is 13.4. The molecule has 0 bridgehead atoms. The number of carbonyl (C=O) groups is 2. The van der Waals surface area contributed by atoms with E-state index in [9.17, 15) is 19.1 Å². The summed E-state index contributed by atoms with van der Waals surface area (Å²) in [6, 6.07) is 8.27. The van der Waals surface area contributed by atoms with Crippen molar-refractivity contribution in [3.05, 3.63) is 66.4 Å². The Balaban J connectivity index is 1.77. The molecular weight excluding hydrogens is 327 g/mol. The van der Waals surface area contributed by atoms with Crippen LogP contribution in [0.3, 0.4) is 0 Å². The Bertz CT molecular complexity index is 726. The average Bonchev–Trinajstić information content (AvgIpc) is 3.09. The number of nitrogens with one attached hydrogen (secondary N) is 2. The van der Waals surface area contributed by atoms with Gasteiger partial charge in [-0.05, 0) is 43.3 Å². The molecule has 0 spiro atoms. The van der Waals surface area contributed by atoms with Crippen LogP contribution in [0.15, 0.2) is 59.2 Å². The lowest BCUT2D eigenvalue weighted by Gasteiger charge is -2.15. The summed E-state index contributed by atoms with van der Waals surface area (Å²) < 4.78 is 17.9. The van der Waals surface area contributed by atoms with Gasteiger partial charge >= 0.3 is 0 Å². The maximum absolute atomic E-state index is 12.8. The molecule has 0 aliphatic heterocycles. The van der Waals surface area contributed by atoms with Crippen molar-refractivity contribution in [3.8, 4) is 0 Å². The molecule has 7 heteroatoms. The number of carbonyl (C=O) groups excluding carboxylic acids is 2. The maximum Gasteiger partial charge on any atom is 0.248 e. The number of furan rings is 1. The summed E-state index contributed by atoms with van der Waals surface area (Å²) in [5.41, 5.74) is 0.423. The van der Waals surface area contributed by atoms with E-state index in [2.05, 4.69) is 10.6 Å². The molecule has 2 amide bonds. The van der Waals surface area contributed by atoms with Crippen LogP contribution in [0.5, 0.6) is 0 Å². The van der Waals surface area contributed by atoms with E-state index >= 15 is 0 Å². The molecule has 2 unspecified atom stereocenters. The monoisotopic (exact) mass is 346 g/mol. The molecule has 6 nitrogen and oxygen atoms in total. The number of benzene rings is 1. The van der Waals surface area contributed by atoms with Gasteiger partial charge in [0.05, 0.1) is 6.26 Å². The molecule has 0 aliphatic carbocycles. The van der Waals surface area contributed by atoms with Crippen LogP contribution in [0.2, 0.25) is 0 Å². The highest BCUT2D eigenvalue weighted by Crippen LogP contribution is 2.18. The van der Waals surface area contributed by atoms with Gasteiger partial charge in [-0.15, -0.1) is 0 Å². The van der Waals surface area contributed by atoms with Crippen molar-refractivity contribution in [1.29, 1.82) is 0 Å². The highest BCUT2D eigenvalue weighted by atomic mass is 19.1. The average molecular weight is 346 g/mol. The fourth-order valence-corrected chi connectivity index (χ4v) is 2.15. The zero-order valence-electron chi connectivity index (χ0n) is 13.6. The molecule has 0 saturated heterocycles. The van der Waals surface area contributed by atoms with Crippen molar-refractivity contribution in [2.24, 2.45) is 0 Å². The van der Waals surface area contributed by atoms with E-state index in [1.54, 1.807) is 19.1 Å². The molecule has 3 N–H and O–H groups in total. The van der Waals surface area contributed by atoms with Gasteiger partial charge in [-0.2, -0.15) is 0 Å². The van der Waals surface area contributed by atoms with E-state index in [0.717, 1.165) is 12.2 Å². The first-order valence-electron chi connectivity index (χ1n) is 7.70. The van der Waals surface area contributed by atoms with Gasteiger partial charge in [0.2, 0.25) is 11.8 Å². The van der Waals surface area contributed by atoms with Crippen LogP contribution in [-0.2, 0) is 9.59 Å². The third kappa shape index (κ3) is 6.23. The van der Waals surface area contributed by atoms with E-state index in [4.69, 9.17) is 4.42 Å². The van der Waals surface area contributed by atoms with Crippen molar-refractivity contribution in [2.75, 3.05) is 5.32 Å². The number of amides is 2. The molecule has 1 heterocycles.